The van der Waals surface area contributed by atoms with E-state index >= 15 is 0 Å². The van der Waals surface area contributed by atoms with Crippen molar-refractivity contribution in [1.29, 1.82) is 0 Å². The van der Waals surface area contributed by atoms with Crippen molar-refractivity contribution in [3.63, 3.8) is 0 Å². The van der Waals surface area contributed by atoms with Gasteiger partial charge in [0.15, 0.2) is 0 Å². The molecule has 1 aromatic heterocycles. The number of aliphatic imine (C=N–C) groups is 1. The van der Waals surface area contributed by atoms with Gasteiger partial charge in [0.2, 0.25) is 17.8 Å². The zero-order valence-electron chi connectivity index (χ0n) is 46.2. The van der Waals surface area contributed by atoms with E-state index in [1.807, 2.05) is 44.7 Å². The number of anilines is 2. The van der Waals surface area contributed by atoms with Gasteiger partial charge in [-0.15, -0.1) is 0 Å². The molecular weight excluding hydrogens is 967 g/mol. The highest BCUT2D eigenvalue weighted by molar-refractivity contribution is 6.04. The molecule has 0 atom stereocenters. The fraction of sp³-hybridized carbons (Fsp3) is 0.585. The van der Waals surface area contributed by atoms with E-state index in [0.29, 0.717) is 82.2 Å². The van der Waals surface area contributed by atoms with Gasteiger partial charge in [0.1, 0.15) is 5.75 Å². The fourth-order valence-corrected chi connectivity index (χ4v) is 6.95. The minimum atomic E-state index is -0.634. The predicted octanol–water partition coefficient (Wildman–Crippen LogP) is 7.48. The Morgan fingerprint density at radius 2 is 1.16 bits per heavy atom. The van der Waals surface area contributed by atoms with Crippen molar-refractivity contribution in [2.24, 2.45) is 36.9 Å². The summed E-state index contributed by atoms with van der Waals surface area (Å²) in [5.74, 6) is 0.173. The summed E-state index contributed by atoms with van der Waals surface area (Å²) < 4.78 is 39.5. The number of hydrogen-bond donors (Lipinski definition) is 6. The summed E-state index contributed by atoms with van der Waals surface area (Å²) in [6.45, 7) is 26.7. The number of benzene rings is 2. The van der Waals surface area contributed by atoms with Gasteiger partial charge >= 0.3 is 12.1 Å². The highest BCUT2D eigenvalue weighted by Gasteiger charge is 2.25. The van der Waals surface area contributed by atoms with Crippen molar-refractivity contribution in [2.45, 2.75) is 75.3 Å². The van der Waals surface area contributed by atoms with Gasteiger partial charge in [0.25, 0.3) is 5.56 Å². The Kier molecular flexibility index (Phi) is 26.5. The molecule has 0 saturated heterocycles. The normalized spacial score (nSPS) is 12.3. The summed E-state index contributed by atoms with van der Waals surface area (Å²) in [6, 6.07) is 14.5. The number of urea groups is 2. The van der Waals surface area contributed by atoms with Gasteiger partial charge in [0.05, 0.1) is 95.9 Å². The van der Waals surface area contributed by atoms with Crippen molar-refractivity contribution < 1.29 is 47.5 Å². The molecule has 416 valence electrons. The molecule has 0 aliphatic carbocycles. The molecule has 0 fully saturated rings. The van der Waals surface area contributed by atoms with Gasteiger partial charge in [-0.2, -0.15) is 10.2 Å². The van der Waals surface area contributed by atoms with Crippen molar-refractivity contribution in [1.82, 2.24) is 31.2 Å². The summed E-state index contributed by atoms with van der Waals surface area (Å²) in [5.41, 5.74) is 1.26. The average Bonchev–Trinajstić information content (AvgIpc) is 3.32. The zero-order chi connectivity index (χ0) is 55.5. The van der Waals surface area contributed by atoms with Crippen LogP contribution in [0.4, 0.5) is 32.6 Å². The number of aromatic amines is 1. The molecule has 75 heavy (non-hydrogen) atoms. The minimum absolute atomic E-state index is 0.0385. The summed E-state index contributed by atoms with van der Waals surface area (Å²) in [5, 5.41) is 22.1. The van der Waals surface area contributed by atoms with Gasteiger partial charge in [-0.25, -0.2) is 19.6 Å². The van der Waals surface area contributed by atoms with Crippen LogP contribution in [0.1, 0.15) is 74.4 Å². The summed E-state index contributed by atoms with van der Waals surface area (Å²) in [7, 11) is 4.92. The maximum Gasteiger partial charge on any atom is 0.321 e. The number of carbonyl (C=O) groups excluding carboxylic acids is 3. The number of nitrogens with one attached hydrogen (secondary N) is 6. The lowest BCUT2D eigenvalue weighted by Gasteiger charge is -2.28. The molecule has 0 spiro atoms. The number of methoxy groups -OCH3 is 3. The van der Waals surface area contributed by atoms with Crippen LogP contribution in [-0.4, -0.2) is 141 Å². The first-order valence-electron chi connectivity index (χ1n) is 24.9. The molecule has 22 heteroatoms. The quantitative estimate of drug-likeness (QED) is 0.0197. The van der Waals surface area contributed by atoms with E-state index in [2.05, 4.69) is 86.0 Å². The second-order valence-corrected chi connectivity index (χ2v) is 21.2. The SMILES string of the molecule is C=C(COCC(C)(C)COCC(C)(C)COC)N=C(NC(=O)CC)NC(=O)NCCN(CCNC(=O)Nc1nc(COCC(C)(C)COCC(C)(C)COC)cc(=O)[nH]1)c1ccc(N=Nc2ccc(OC)cc2)cc1. The Morgan fingerprint density at radius 1 is 0.667 bits per heavy atom. The highest BCUT2D eigenvalue weighted by atomic mass is 16.5. The van der Waals surface area contributed by atoms with Crippen LogP contribution in [0.15, 0.2) is 86.9 Å². The van der Waals surface area contributed by atoms with E-state index in [-0.39, 0.29) is 84.4 Å². The third-order valence-corrected chi connectivity index (χ3v) is 10.6. The number of carbonyl (C=O) groups is 3. The van der Waals surface area contributed by atoms with E-state index in [4.69, 9.17) is 33.2 Å². The first-order chi connectivity index (χ1) is 35.4. The third kappa shape index (κ3) is 26.7. The second kappa shape index (κ2) is 31.6. The topological polar surface area (TPSA) is 262 Å². The number of guanidine groups is 1. The van der Waals surface area contributed by atoms with Crippen LogP contribution >= 0.6 is 0 Å². The zero-order valence-corrected chi connectivity index (χ0v) is 46.2. The Labute approximate surface area is 442 Å². The number of hydrogen-bond acceptors (Lipinski definition) is 16. The molecule has 3 aromatic rings. The van der Waals surface area contributed by atoms with Gasteiger partial charge in [-0.3, -0.25) is 30.5 Å². The Balaban J connectivity index is 1.63. The van der Waals surface area contributed by atoms with E-state index in [1.165, 1.54) is 6.07 Å². The summed E-state index contributed by atoms with van der Waals surface area (Å²) >= 11 is 0. The lowest BCUT2D eigenvalue weighted by atomic mass is 9.94. The van der Waals surface area contributed by atoms with Gasteiger partial charge in [0, 0.05) is 80.2 Å². The fourth-order valence-electron chi connectivity index (χ4n) is 6.95. The van der Waals surface area contributed by atoms with E-state index in [0.717, 1.165) is 5.69 Å². The molecule has 2 aromatic carbocycles. The third-order valence-electron chi connectivity index (χ3n) is 10.6. The molecule has 5 amide bonds. The van der Waals surface area contributed by atoms with Crippen LogP contribution in [0.2, 0.25) is 0 Å². The average molecular weight is 1050 g/mol. The molecule has 0 unspecified atom stereocenters. The Hall–Kier alpha value is -6.30. The van der Waals surface area contributed by atoms with Crippen LogP contribution in [0.5, 0.6) is 5.75 Å². The molecule has 0 bridgehead atoms. The van der Waals surface area contributed by atoms with Crippen molar-refractivity contribution in [3.05, 3.63) is 82.9 Å². The maximum atomic E-state index is 13.3. The molecular formula is C53H83N11O11. The predicted molar refractivity (Wildman–Crippen MR) is 290 cm³/mol. The number of H-pyrrole nitrogens is 1. The smallest absolute Gasteiger partial charge is 0.321 e. The van der Waals surface area contributed by atoms with Crippen LogP contribution < -0.4 is 41.8 Å². The Morgan fingerprint density at radius 3 is 1.68 bits per heavy atom. The van der Waals surface area contributed by atoms with E-state index in [1.54, 1.807) is 64.7 Å². The largest absolute Gasteiger partial charge is 0.497 e. The molecule has 3 rings (SSSR count). The summed E-state index contributed by atoms with van der Waals surface area (Å²) in [6.07, 6.45) is 0.143. The van der Waals surface area contributed by atoms with Crippen molar-refractivity contribution in [3.8, 4) is 5.75 Å². The molecule has 0 saturated carbocycles. The molecule has 0 radical (unpaired) electrons. The van der Waals surface area contributed by atoms with Crippen LogP contribution in [0.25, 0.3) is 0 Å². The molecule has 6 N–H and O–H groups in total. The number of nitrogens with zero attached hydrogens (tertiary/aromatic N) is 5. The molecule has 0 aliphatic rings. The number of aromatic nitrogens is 2. The first kappa shape index (κ1) is 63.0. The number of azo groups is 1. The van der Waals surface area contributed by atoms with Crippen molar-refractivity contribution in [2.75, 3.05) is 117 Å². The summed E-state index contributed by atoms with van der Waals surface area (Å²) in [4.78, 5) is 64.6. The van der Waals surface area contributed by atoms with E-state index in [9.17, 15) is 19.2 Å². The van der Waals surface area contributed by atoms with Gasteiger partial charge in [-0.05, 0) is 48.5 Å². The van der Waals surface area contributed by atoms with Crippen LogP contribution in [-0.2, 0) is 39.8 Å². The lowest BCUT2D eigenvalue weighted by molar-refractivity contribution is -0.119. The standard InChI is InChI=1S/C53H83N11O11/c1-14-44(65)58-46(56-38(2)28-72-32-52(7,8)36-74-34-50(3,4)30-69-11)60-48(67)54-23-25-64(42-19-15-39(16-20-42)62-63-40-17-21-43(71-13)22-18-40)26-24-55-49(68)61-47-57-41(27-45(66)59-47)29-73-33-53(9,10)37-75-35-51(5,6)31-70-12/h15-22,27H,2,14,23-26,28-37H2,1,3-13H3,(H3,54,56,58,60,65,67)(H3,55,57,59,61,66,68). The van der Waals surface area contributed by atoms with E-state index < -0.39 is 17.6 Å². The minimum Gasteiger partial charge on any atom is -0.497 e. The van der Waals surface area contributed by atoms with Crippen LogP contribution in [0.3, 0.4) is 0 Å². The number of rotatable bonds is 33. The first-order valence-corrected chi connectivity index (χ1v) is 24.9. The van der Waals surface area contributed by atoms with Crippen molar-refractivity contribution >= 4 is 46.9 Å². The maximum absolute atomic E-state index is 13.3. The lowest BCUT2D eigenvalue weighted by Crippen LogP contribution is -2.49. The van der Waals surface area contributed by atoms with Gasteiger partial charge < -0.3 is 48.7 Å². The molecule has 0 aliphatic heterocycles. The molecule has 22 nitrogen and oxygen atoms in total. The Bertz CT molecular complexity index is 2350. The van der Waals surface area contributed by atoms with Crippen LogP contribution in [0, 0.1) is 21.7 Å². The monoisotopic (exact) mass is 1050 g/mol. The number of ether oxygens (including phenoxy) is 7. The second-order valence-electron chi connectivity index (χ2n) is 21.2. The highest BCUT2D eigenvalue weighted by Crippen LogP contribution is 2.25. The van der Waals surface area contributed by atoms with Gasteiger partial charge in [-0.1, -0.05) is 68.9 Å². The number of amides is 5. The molecule has 1 heterocycles.